The Morgan fingerprint density at radius 3 is 2.26 bits per heavy atom. The topological polar surface area (TPSA) is 61.4 Å². The van der Waals surface area contributed by atoms with Crippen LogP contribution < -0.4 is 15.1 Å². The summed E-state index contributed by atoms with van der Waals surface area (Å²) >= 11 is 1.37. The van der Waals surface area contributed by atoms with E-state index in [9.17, 15) is 4.79 Å². The molecule has 1 aliphatic heterocycles. The van der Waals surface area contributed by atoms with E-state index in [-0.39, 0.29) is 11.7 Å². The van der Waals surface area contributed by atoms with Crippen LogP contribution in [0.25, 0.3) is 0 Å². The van der Waals surface area contributed by atoms with Crippen molar-refractivity contribution < 1.29 is 4.79 Å². The van der Waals surface area contributed by atoms with Gasteiger partial charge in [-0.1, -0.05) is 41.6 Å². The number of aryl methyl sites for hydroxylation is 5. The first-order chi connectivity index (χ1) is 16.3. The van der Waals surface area contributed by atoms with Crippen molar-refractivity contribution >= 4 is 34.9 Å². The highest BCUT2D eigenvalue weighted by molar-refractivity contribution is 7.99. The molecule has 0 saturated carbocycles. The zero-order chi connectivity index (χ0) is 24.2. The van der Waals surface area contributed by atoms with Gasteiger partial charge in [-0.15, -0.1) is 0 Å². The van der Waals surface area contributed by atoms with Gasteiger partial charge in [0.15, 0.2) is 5.16 Å². The summed E-state index contributed by atoms with van der Waals surface area (Å²) in [6, 6.07) is 12.8. The molecular weight excluding hydrogens is 442 g/mol. The van der Waals surface area contributed by atoms with Gasteiger partial charge >= 0.3 is 0 Å². The van der Waals surface area contributed by atoms with E-state index in [1.54, 1.807) is 6.20 Å². The lowest BCUT2D eigenvalue weighted by atomic mass is 10.1. The van der Waals surface area contributed by atoms with Crippen molar-refractivity contribution in [2.24, 2.45) is 0 Å². The van der Waals surface area contributed by atoms with E-state index in [2.05, 4.69) is 71.2 Å². The molecular formula is C27H33N5OS. The first-order valence-electron chi connectivity index (χ1n) is 11.7. The van der Waals surface area contributed by atoms with Gasteiger partial charge in [0.2, 0.25) is 5.91 Å². The molecule has 1 aromatic heterocycles. The molecule has 1 aliphatic rings. The summed E-state index contributed by atoms with van der Waals surface area (Å²) in [6.45, 7) is 14.1. The van der Waals surface area contributed by atoms with Crippen LogP contribution in [0.5, 0.6) is 0 Å². The number of rotatable bonds is 6. The van der Waals surface area contributed by atoms with E-state index >= 15 is 0 Å². The molecule has 2 heterocycles. The molecule has 0 bridgehead atoms. The van der Waals surface area contributed by atoms with Crippen LogP contribution in [0.15, 0.2) is 47.8 Å². The lowest BCUT2D eigenvalue weighted by Gasteiger charge is -2.37. The summed E-state index contributed by atoms with van der Waals surface area (Å²) in [6.07, 6.45) is 1.79. The number of piperazine rings is 1. The van der Waals surface area contributed by atoms with Gasteiger partial charge in [-0.05, 0) is 69.0 Å². The molecule has 0 atom stereocenters. The van der Waals surface area contributed by atoms with Crippen LogP contribution in [0.2, 0.25) is 0 Å². The third-order valence-electron chi connectivity index (χ3n) is 6.20. The molecule has 178 valence electrons. The maximum Gasteiger partial charge on any atom is 0.234 e. The molecule has 0 radical (unpaired) electrons. The van der Waals surface area contributed by atoms with Crippen molar-refractivity contribution in [1.82, 2.24) is 9.97 Å². The number of nitrogens with one attached hydrogen (secondary N) is 1. The van der Waals surface area contributed by atoms with E-state index in [0.29, 0.717) is 5.16 Å². The molecule has 6 nitrogen and oxygen atoms in total. The highest BCUT2D eigenvalue weighted by atomic mass is 32.2. The van der Waals surface area contributed by atoms with E-state index < -0.39 is 0 Å². The van der Waals surface area contributed by atoms with Crippen molar-refractivity contribution in [2.45, 2.75) is 39.8 Å². The van der Waals surface area contributed by atoms with Crippen LogP contribution >= 0.6 is 11.8 Å². The monoisotopic (exact) mass is 475 g/mol. The standard InChI is InChI=1S/C27H33N5OS/c1-18-6-7-20(3)23(16-18)31-10-12-32(13-11-31)24-8-9-28-27(29-24)34-17-25(33)30-26-21(4)14-19(2)15-22(26)5/h6-9,14-16H,10-13,17H2,1-5H3,(H,30,33). The number of carbonyl (C=O) groups excluding carboxylic acids is 1. The Balaban J connectivity index is 1.34. The number of aromatic nitrogens is 2. The summed E-state index contributed by atoms with van der Waals surface area (Å²) in [5.74, 6) is 1.15. The fourth-order valence-electron chi connectivity index (χ4n) is 4.50. The van der Waals surface area contributed by atoms with Crippen LogP contribution in [0.4, 0.5) is 17.2 Å². The molecule has 1 saturated heterocycles. The quantitative estimate of drug-likeness (QED) is 0.396. The van der Waals surface area contributed by atoms with Gasteiger partial charge in [0, 0.05) is 43.8 Å². The third kappa shape index (κ3) is 5.70. The van der Waals surface area contributed by atoms with Gasteiger partial charge in [0.25, 0.3) is 0 Å². The summed E-state index contributed by atoms with van der Waals surface area (Å²) in [4.78, 5) is 26.4. The summed E-state index contributed by atoms with van der Waals surface area (Å²) in [5, 5.41) is 3.68. The molecule has 4 rings (SSSR count). The van der Waals surface area contributed by atoms with Crippen molar-refractivity contribution in [3.8, 4) is 0 Å². The predicted octanol–water partition coefficient (Wildman–Crippen LogP) is 5.08. The lowest BCUT2D eigenvalue weighted by Crippen LogP contribution is -2.47. The van der Waals surface area contributed by atoms with E-state index in [1.165, 1.54) is 34.1 Å². The van der Waals surface area contributed by atoms with Gasteiger partial charge in [-0.25, -0.2) is 9.97 Å². The number of thioether (sulfide) groups is 1. The number of nitrogens with zero attached hydrogens (tertiary/aromatic N) is 4. The molecule has 34 heavy (non-hydrogen) atoms. The van der Waals surface area contributed by atoms with Crippen molar-refractivity contribution in [1.29, 1.82) is 0 Å². The minimum absolute atomic E-state index is 0.0452. The highest BCUT2D eigenvalue weighted by Gasteiger charge is 2.20. The van der Waals surface area contributed by atoms with Crippen LogP contribution in [-0.4, -0.2) is 47.8 Å². The van der Waals surface area contributed by atoms with E-state index in [4.69, 9.17) is 4.98 Å². The van der Waals surface area contributed by atoms with Gasteiger partial charge in [-0.2, -0.15) is 0 Å². The first kappa shape index (κ1) is 24.1. The predicted molar refractivity (Wildman–Crippen MR) is 142 cm³/mol. The fourth-order valence-corrected chi connectivity index (χ4v) is 5.12. The molecule has 0 spiro atoms. The van der Waals surface area contributed by atoms with Crippen molar-refractivity contribution in [3.05, 3.63) is 70.4 Å². The first-order valence-corrected chi connectivity index (χ1v) is 12.7. The average molecular weight is 476 g/mol. The summed E-state index contributed by atoms with van der Waals surface area (Å²) in [7, 11) is 0. The summed E-state index contributed by atoms with van der Waals surface area (Å²) in [5.41, 5.74) is 8.17. The molecule has 1 N–H and O–H groups in total. The number of carbonyl (C=O) groups is 1. The second-order valence-electron chi connectivity index (χ2n) is 9.07. The van der Waals surface area contributed by atoms with Crippen molar-refractivity contribution in [3.63, 3.8) is 0 Å². The Labute approximate surface area is 206 Å². The number of anilines is 3. The van der Waals surface area contributed by atoms with Gasteiger partial charge in [-0.3, -0.25) is 4.79 Å². The second-order valence-corrected chi connectivity index (χ2v) is 10.0. The van der Waals surface area contributed by atoms with Gasteiger partial charge in [0.1, 0.15) is 5.82 Å². The average Bonchev–Trinajstić information content (AvgIpc) is 2.82. The number of benzene rings is 2. The van der Waals surface area contributed by atoms with Crippen LogP contribution in [0.1, 0.15) is 27.8 Å². The molecule has 1 fully saturated rings. The maximum atomic E-state index is 12.6. The Morgan fingerprint density at radius 1 is 0.882 bits per heavy atom. The smallest absolute Gasteiger partial charge is 0.234 e. The lowest BCUT2D eigenvalue weighted by molar-refractivity contribution is -0.113. The normalized spacial score (nSPS) is 13.8. The van der Waals surface area contributed by atoms with Crippen LogP contribution in [0.3, 0.4) is 0 Å². The highest BCUT2D eigenvalue weighted by Crippen LogP contribution is 2.26. The maximum absolute atomic E-state index is 12.6. The summed E-state index contributed by atoms with van der Waals surface area (Å²) < 4.78 is 0. The Morgan fingerprint density at radius 2 is 1.56 bits per heavy atom. The molecule has 1 amide bonds. The minimum atomic E-state index is -0.0452. The zero-order valence-electron chi connectivity index (χ0n) is 20.7. The Kier molecular flexibility index (Phi) is 7.41. The molecule has 7 heteroatoms. The van der Waals surface area contributed by atoms with Gasteiger partial charge in [0.05, 0.1) is 5.75 Å². The fraction of sp³-hybridized carbons (Fsp3) is 0.370. The molecule has 0 aliphatic carbocycles. The van der Waals surface area contributed by atoms with Gasteiger partial charge < -0.3 is 15.1 Å². The van der Waals surface area contributed by atoms with E-state index in [1.807, 2.05) is 19.9 Å². The SMILES string of the molecule is Cc1cc(C)c(NC(=O)CSc2nccc(N3CCN(c4cc(C)ccc4C)CC3)n2)c(C)c1. The number of hydrogen-bond donors (Lipinski definition) is 1. The third-order valence-corrected chi connectivity index (χ3v) is 7.06. The van der Waals surface area contributed by atoms with Crippen LogP contribution in [0, 0.1) is 34.6 Å². The molecule has 2 aromatic carbocycles. The Hall–Kier alpha value is -3.06. The number of amides is 1. The van der Waals surface area contributed by atoms with Crippen molar-refractivity contribution in [2.75, 3.05) is 47.0 Å². The van der Waals surface area contributed by atoms with Crippen LogP contribution in [-0.2, 0) is 4.79 Å². The number of hydrogen-bond acceptors (Lipinski definition) is 6. The minimum Gasteiger partial charge on any atom is -0.368 e. The largest absolute Gasteiger partial charge is 0.368 e. The van der Waals surface area contributed by atoms with E-state index in [0.717, 1.165) is 48.8 Å². The molecule has 3 aromatic rings. The molecule has 0 unspecified atom stereocenters. The zero-order valence-corrected chi connectivity index (χ0v) is 21.5. The second kappa shape index (κ2) is 10.5. The Bertz CT molecular complexity index is 1160.